The molecule has 0 aliphatic carbocycles. The van der Waals surface area contributed by atoms with E-state index in [1.165, 1.54) is 0 Å². The van der Waals surface area contributed by atoms with Crippen molar-refractivity contribution in [1.29, 1.82) is 5.26 Å². The highest BCUT2D eigenvalue weighted by Gasteiger charge is 2.34. The molecule has 3 heteroatoms. The van der Waals surface area contributed by atoms with Crippen LogP contribution in [-0.4, -0.2) is 5.11 Å². The van der Waals surface area contributed by atoms with Crippen LogP contribution in [0.4, 0.5) is 0 Å². The number of nitrogens with zero attached hydrogens (tertiary/aromatic N) is 1. The Balaban J connectivity index is 3.10. The Morgan fingerprint density at radius 3 is 2.62 bits per heavy atom. The predicted molar refractivity (Wildman–Crippen MR) is 67.7 cm³/mol. The number of aliphatic hydroxyl groups is 1. The van der Waals surface area contributed by atoms with E-state index < -0.39 is 5.60 Å². The van der Waals surface area contributed by atoms with Crippen LogP contribution in [-0.2, 0) is 5.60 Å². The van der Waals surface area contributed by atoms with Gasteiger partial charge in [-0.05, 0) is 25.0 Å². The topological polar surface area (TPSA) is 44.0 Å². The van der Waals surface area contributed by atoms with E-state index in [0.29, 0.717) is 6.42 Å². The highest BCUT2D eigenvalue weighted by Crippen LogP contribution is 2.35. The average Bonchev–Trinajstić information content (AvgIpc) is 2.26. The van der Waals surface area contributed by atoms with Gasteiger partial charge in [0.2, 0.25) is 0 Å². The van der Waals surface area contributed by atoms with Crippen molar-refractivity contribution in [3.8, 4) is 6.07 Å². The van der Waals surface area contributed by atoms with Crippen LogP contribution >= 0.6 is 15.9 Å². The van der Waals surface area contributed by atoms with Crippen LogP contribution in [0, 0.1) is 17.2 Å². The molecule has 0 saturated heterocycles. The van der Waals surface area contributed by atoms with Gasteiger partial charge in [0.25, 0.3) is 0 Å². The van der Waals surface area contributed by atoms with Crippen molar-refractivity contribution >= 4 is 15.9 Å². The molecule has 0 aliphatic heterocycles. The Hall–Kier alpha value is -0.850. The largest absolute Gasteiger partial charge is 0.384 e. The molecule has 0 fully saturated rings. The maximum absolute atomic E-state index is 10.5. The third-order valence-electron chi connectivity index (χ3n) is 2.83. The number of halogens is 1. The van der Waals surface area contributed by atoms with E-state index in [-0.39, 0.29) is 5.92 Å². The van der Waals surface area contributed by atoms with E-state index in [1.807, 2.05) is 31.2 Å². The number of rotatable bonds is 4. The van der Waals surface area contributed by atoms with Crippen molar-refractivity contribution in [1.82, 2.24) is 0 Å². The first kappa shape index (κ1) is 13.2. The summed E-state index contributed by atoms with van der Waals surface area (Å²) in [6.45, 7) is 3.72. The van der Waals surface area contributed by atoms with Crippen LogP contribution in [0.1, 0.15) is 32.3 Å². The molecule has 0 radical (unpaired) electrons. The zero-order chi connectivity index (χ0) is 12.2. The summed E-state index contributed by atoms with van der Waals surface area (Å²) >= 11 is 3.41. The minimum Gasteiger partial charge on any atom is -0.384 e. The normalized spacial score (nSPS) is 16.2. The van der Waals surface area contributed by atoms with Gasteiger partial charge < -0.3 is 5.11 Å². The quantitative estimate of drug-likeness (QED) is 0.917. The molecule has 0 saturated carbocycles. The maximum Gasteiger partial charge on any atom is 0.104 e. The van der Waals surface area contributed by atoms with Gasteiger partial charge >= 0.3 is 0 Å². The molecule has 0 aromatic heterocycles. The second-order valence-corrected chi connectivity index (χ2v) is 4.95. The SMILES string of the molecule is CCCC(C#N)C(C)(O)c1ccccc1Br. The van der Waals surface area contributed by atoms with Crippen LogP contribution in [0.15, 0.2) is 28.7 Å². The van der Waals surface area contributed by atoms with E-state index in [2.05, 4.69) is 22.0 Å². The van der Waals surface area contributed by atoms with Gasteiger partial charge in [-0.3, -0.25) is 0 Å². The fourth-order valence-electron chi connectivity index (χ4n) is 1.82. The summed E-state index contributed by atoms with van der Waals surface area (Å²) in [5.74, 6) is -0.379. The van der Waals surface area contributed by atoms with E-state index in [1.54, 1.807) is 6.92 Å². The summed E-state index contributed by atoms with van der Waals surface area (Å²) < 4.78 is 0.844. The summed E-state index contributed by atoms with van der Waals surface area (Å²) in [5.41, 5.74) is -0.333. The zero-order valence-corrected chi connectivity index (χ0v) is 11.2. The Morgan fingerprint density at radius 1 is 1.50 bits per heavy atom. The van der Waals surface area contributed by atoms with Gasteiger partial charge in [-0.1, -0.05) is 47.5 Å². The molecule has 1 aromatic rings. The number of hydrogen-bond acceptors (Lipinski definition) is 2. The molecule has 86 valence electrons. The Labute approximate surface area is 105 Å². The monoisotopic (exact) mass is 281 g/mol. The van der Waals surface area contributed by atoms with E-state index in [0.717, 1.165) is 16.5 Å². The van der Waals surface area contributed by atoms with E-state index >= 15 is 0 Å². The molecule has 2 nitrogen and oxygen atoms in total. The van der Waals surface area contributed by atoms with Gasteiger partial charge in [0.05, 0.1) is 12.0 Å². The first-order valence-corrected chi connectivity index (χ1v) is 6.20. The highest BCUT2D eigenvalue weighted by molar-refractivity contribution is 9.10. The molecule has 0 amide bonds. The van der Waals surface area contributed by atoms with E-state index in [9.17, 15) is 5.11 Å². The highest BCUT2D eigenvalue weighted by atomic mass is 79.9. The van der Waals surface area contributed by atoms with Crippen LogP contribution in [0.25, 0.3) is 0 Å². The van der Waals surface area contributed by atoms with Crippen LogP contribution < -0.4 is 0 Å². The third-order valence-corrected chi connectivity index (χ3v) is 3.52. The average molecular weight is 282 g/mol. The molecule has 1 rings (SSSR count). The number of nitriles is 1. The molecule has 0 aliphatic rings. The molecule has 16 heavy (non-hydrogen) atoms. The fraction of sp³-hybridized carbons (Fsp3) is 0.462. The standard InChI is InChI=1S/C13H16BrNO/c1-3-6-10(9-15)13(2,16)11-7-4-5-8-12(11)14/h4-5,7-8,10,16H,3,6H2,1-2H3. The molecule has 0 spiro atoms. The lowest BCUT2D eigenvalue weighted by Crippen LogP contribution is -2.31. The fourth-order valence-corrected chi connectivity index (χ4v) is 2.51. The lowest BCUT2D eigenvalue weighted by atomic mass is 9.81. The van der Waals surface area contributed by atoms with Crippen LogP contribution in [0.3, 0.4) is 0 Å². The minimum absolute atomic E-state index is 0.379. The van der Waals surface area contributed by atoms with Crippen LogP contribution in [0.5, 0.6) is 0 Å². The molecular formula is C13H16BrNO. The number of hydrogen-bond donors (Lipinski definition) is 1. The Bertz CT molecular complexity index is 395. The smallest absolute Gasteiger partial charge is 0.104 e. The second kappa shape index (κ2) is 5.47. The summed E-state index contributed by atoms with van der Waals surface area (Å²) in [5, 5.41) is 19.6. The molecule has 1 aromatic carbocycles. The molecule has 2 atom stereocenters. The lowest BCUT2D eigenvalue weighted by Gasteiger charge is -2.29. The Morgan fingerprint density at radius 2 is 2.12 bits per heavy atom. The first-order chi connectivity index (χ1) is 7.54. The lowest BCUT2D eigenvalue weighted by molar-refractivity contribution is 0.0124. The first-order valence-electron chi connectivity index (χ1n) is 5.41. The summed E-state index contributed by atoms with van der Waals surface area (Å²) in [4.78, 5) is 0. The summed E-state index contributed by atoms with van der Waals surface area (Å²) in [6, 6.07) is 9.69. The third kappa shape index (κ3) is 2.63. The summed E-state index contributed by atoms with van der Waals surface area (Å²) in [7, 11) is 0. The summed E-state index contributed by atoms with van der Waals surface area (Å²) in [6.07, 6.45) is 1.59. The molecule has 0 bridgehead atoms. The van der Waals surface area contributed by atoms with Gasteiger partial charge in [0.1, 0.15) is 5.60 Å². The van der Waals surface area contributed by atoms with Crippen LogP contribution in [0.2, 0.25) is 0 Å². The van der Waals surface area contributed by atoms with Crippen molar-refractivity contribution in [2.75, 3.05) is 0 Å². The second-order valence-electron chi connectivity index (χ2n) is 4.10. The molecular weight excluding hydrogens is 266 g/mol. The number of benzene rings is 1. The molecule has 1 N–H and O–H groups in total. The van der Waals surface area contributed by atoms with Gasteiger partial charge in [0, 0.05) is 4.47 Å². The van der Waals surface area contributed by atoms with Gasteiger partial charge in [0.15, 0.2) is 0 Å². The van der Waals surface area contributed by atoms with Crippen molar-refractivity contribution in [3.63, 3.8) is 0 Å². The van der Waals surface area contributed by atoms with Gasteiger partial charge in [-0.2, -0.15) is 5.26 Å². The van der Waals surface area contributed by atoms with Gasteiger partial charge in [-0.25, -0.2) is 0 Å². The molecule has 0 heterocycles. The van der Waals surface area contributed by atoms with Crippen molar-refractivity contribution in [2.45, 2.75) is 32.3 Å². The molecule has 2 unspecified atom stereocenters. The zero-order valence-electron chi connectivity index (χ0n) is 9.57. The van der Waals surface area contributed by atoms with Crippen molar-refractivity contribution < 1.29 is 5.11 Å². The van der Waals surface area contributed by atoms with Gasteiger partial charge in [-0.15, -0.1) is 0 Å². The maximum atomic E-state index is 10.5. The van der Waals surface area contributed by atoms with Crippen molar-refractivity contribution in [3.05, 3.63) is 34.3 Å². The Kier molecular flexibility index (Phi) is 4.52. The predicted octanol–water partition coefficient (Wildman–Crippen LogP) is 3.60. The van der Waals surface area contributed by atoms with Crippen molar-refractivity contribution in [2.24, 2.45) is 5.92 Å². The minimum atomic E-state index is -1.11. The van der Waals surface area contributed by atoms with E-state index in [4.69, 9.17) is 5.26 Å².